The van der Waals surface area contributed by atoms with Gasteiger partial charge < -0.3 is 14.6 Å². The Hall–Kier alpha value is -0.870. The molecular weight excluding hydrogens is 250 g/mol. The van der Waals surface area contributed by atoms with Crippen molar-refractivity contribution in [3.05, 3.63) is 17.7 Å². The standard InChI is InChI=1S/C16H25N3O/c1-2-4-16-15(3-1)18-11-19(16)10-14-8-7-13(20-14)9-17-12-5-6-12/h11-14,17H,1-10H2. The molecule has 20 heavy (non-hydrogen) atoms. The Morgan fingerprint density at radius 1 is 1.15 bits per heavy atom. The van der Waals surface area contributed by atoms with Gasteiger partial charge in [-0.1, -0.05) is 0 Å². The van der Waals surface area contributed by atoms with Gasteiger partial charge in [-0.05, 0) is 51.4 Å². The van der Waals surface area contributed by atoms with Crippen molar-refractivity contribution in [3.8, 4) is 0 Å². The summed E-state index contributed by atoms with van der Waals surface area (Å²) in [6, 6.07) is 0.790. The van der Waals surface area contributed by atoms with Crippen molar-refractivity contribution in [1.29, 1.82) is 0 Å². The van der Waals surface area contributed by atoms with Crippen molar-refractivity contribution in [1.82, 2.24) is 14.9 Å². The number of rotatable bonds is 5. The quantitative estimate of drug-likeness (QED) is 0.894. The van der Waals surface area contributed by atoms with Crippen LogP contribution in [0.2, 0.25) is 0 Å². The molecule has 0 spiro atoms. The molecule has 1 aromatic heterocycles. The Bertz CT molecular complexity index is 466. The lowest BCUT2D eigenvalue weighted by Gasteiger charge is -2.18. The molecule has 2 fully saturated rings. The monoisotopic (exact) mass is 275 g/mol. The van der Waals surface area contributed by atoms with E-state index in [1.165, 1.54) is 62.8 Å². The second-order valence-corrected chi connectivity index (χ2v) is 6.64. The second-order valence-electron chi connectivity index (χ2n) is 6.64. The molecule has 2 aliphatic carbocycles. The Morgan fingerprint density at radius 3 is 2.90 bits per heavy atom. The van der Waals surface area contributed by atoms with Crippen LogP contribution in [0.4, 0.5) is 0 Å². The van der Waals surface area contributed by atoms with E-state index >= 15 is 0 Å². The average molecular weight is 275 g/mol. The van der Waals surface area contributed by atoms with Gasteiger partial charge in [0.1, 0.15) is 0 Å². The number of imidazole rings is 1. The van der Waals surface area contributed by atoms with E-state index in [9.17, 15) is 0 Å². The number of nitrogens with one attached hydrogen (secondary N) is 1. The molecular formula is C16H25N3O. The third kappa shape index (κ3) is 2.77. The average Bonchev–Trinajstić information content (AvgIpc) is 3.06. The van der Waals surface area contributed by atoms with Crippen LogP contribution in [0.3, 0.4) is 0 Å². The number of hydrogen-bond acceptors (Lipinski definition) is 3. The highest BCUT2D eigenvalue weighted by molar-refractivity contribution is 5.16. The summed E-state index contributed by atoms with van der Waals surface area (Å²) in [5, 5.41) is 3.58. The van der Waals surface area contributed by atoms with Crippen LogP contribution in [0.25, 0.3) is 0 Å². The van der Waals surface area contributed by atoms with Gasteiger partial charge in [0.25, 0.3) is 0 Å². The molecule has 1 N–H and O–H groups in total. The lowest BCUT2D eigenvalue weighted by molar-refractivity contribution is 0.0355. The molecule has 1 aliphatic heterocycles. The van der Waals surface area contributed by atoms with Gasteiger partial charge in [0, 0.05) is 18.3 Å². The van der Waals surface area contributed by atoms with Crippen molar-refractivity contribution in [2.75, 3.05) is 6.54 Å². The summed E-state index contributed by atoms with van der Waals surface area (Å²) in [6.07, 6.45) is 13.0. The van der Waals surface area contributed by atoms with E-state index in [1.807, 2.05) is 6.33 Å². The molecule has 2 heterocycles. The normalized spacial score (nSPS) is 29.6. The third-order valence-corrected chi connectivity index (χ3v) is 4.92. The Kier molecular flexibility index (Phi) is 3.52. The van der Waals surface area contributed by atoms with Crippen LogP contribution >= 0.6 is 0 Å². The topological polar surface area (TPSA) is 39.1 Å². The van der Waals surface area contributed by atoms with Gasteiger partial charge in [-0.3, -0.25) is 0 Å². The first kappa shape index (κ1) is 12.8. The predicted octanol–water partition coefficient (Wildman–Crippen LogP) is 2.06. The molecule has 0 amide bonds. The summed E-state index contributed by atoms with van der Waals surface area (Å²) in [7, 11) is 0. The number of ether oxygens (including phenoxy) is 1. The molecule has 0 aromatic carbocycles. The van der Waals surface area contributed by atoms with Crippen LogP contribution in [-0.4, -0.2) is 34.3 Å². The fourth-order valence-electron chi connectivity index (χ4n) is 3.56. The molecule has 1 aromatic rings. The largest absolute Gasteiger partial charge is 0.372 e. The fraction of sp³-hybridized carbons (Fsp3) is 0.812. The fourth-order valence-corrected chi connectivity index (χ4v) is 3.56. The van der Waals surface area contributed by atoms with E-state index in [-0.39, 0.29) is 0 Å². The van der Waals surface area contributed by atoms with Gasteiger partial charge in [-0.25, -0.2) is 4.98 Å². The third-order valence-electron chi connectivity index (χ3n) is 4.92. The smallest absolute Gasteiger partial charge is 0.0952 e. The van der Waals surface area contributed by atoms with Crippen LogP contribution in [0.15, 0.2) is 6.33 Å². The van der Waals surface area contributed by atoms with Crippen LogP contribution in [-0.2, 0) is 24.1 Å². The van der Waals surface area contributed by atoms with Gasteiger partial charge in [0.2, 0.25) is 0 Å². The predicted molar refractivity (Wildman–Crippen MR) is 77.8 cm³/mol. The zero-order valence-electron chi connectivity index (χ0n) is 12.2. The van der Waals surface area contributed by atoms with Crippen LogP contribution in [0.5, 0.6) is 0 Å². The number of hydrogen-bond donors (Lipinski definition) is 1. The Balaban J connectivity index is 1.32. The maximum absolute atomic E-state index is 6.19. The van der Waals surface area contributed by atoms with E-state index in [0.717, 1.165) is 19.1 Å². The van der Waals surface area contributed by atoms with Gasteiger partial charge in [-0.15, -0.1) is 0 Å². The molecule has 4 nitrogen and oxygen atoms in total. The highest BCUT2D eigenvalue weighted by Crippen LogP contribution is 2.25. The summed E-state index contributed by atoms with van der Waals surface area (Å²) < 4.78 is 8.55. The maximum Gasteiger partial charge on any atom is 0.0952 e. The molecule has 1 saturated carbocycles. The van der Waals surface area contributed by atoms with Crippen molar-refractivity contribution in [2.45, 2.75) is 76.2 Å². The minimum Gasteiger partial charge on any atom is -0.372 e. The first-order chi connectivity index (χ1) is 9.88. The maximum atomic E-state index is 6.19. The molecule has 2 atom stereocenters. The van der Waals surface area contributed by atoms with E-state index in [4.69, 9.17) is 4.74 Å². The lowest BCUT2D eigenvalue weighted by atomic mass is 10.0. The number of fused-ring (bicyclic) bond motifs is 1. The Morgan fingerprint density at radius 2 is 2.00 bits per heavy atom. The van der Waals surface area contributed by atoms with Crippen molar-refractivity contribution in [3.63, 3.8) is 0 Å². The van der Waals surface area contributed by atoms with Crippen LogP contribution in [0, 0.1) is 0 Å². The Labute approximate surface area is 120 Å². The molecule has 3 aliphatic rings. The van der Waals surface area contributed by atoms with Crippen molar-refractivity contribution in [2.24, 2.45) is 0 Å². The highest BCUT2D eigenvalue weighted by atomic mass is 16.5. The van der Waals surface area contributed by atoms with Crippen LogP contribution < -0.4 is 5.32 Å². The summed E-state index contributed by atoms with van der Waals surface area (Å²) >= 11 is 0. The van der Waals surface area contributed by atoms with E-state index in [0.29, 0.717) is 12.2 Å². The second kappa shape index (κ2) is 5.49. The summed E-state index contributed by atoms with van der Waals surface area (Å²) in [5.41, 5.74) is 2.81. The van der Waals surface area contributed by atoms with E-state index < -0.39 is 0 Å². The molecule has 4 heteroatoms. The lowest BCUT2D eigenvalue weighted by Crippen LogP contribution is -2.29. The molecule has 110 valence electrons. The van der Waals surface area contributed by atoms with Crippen molar-refractivity contribution >= 4 is 0 Å². The molecule has 1 saturated heterocycles. The van der Waals surface area contributed by atoms with Gasteiger partial charge in [0.15, 0.2) is 0 Å². The zero-order chi connectivity index (χ0) is 13.4. The summed E-state index contributed by atoms with van der Waals surface area (Å²) in [6.45, 7) is 2.05. The summed E-state index contributed by atoms with van der Waals surface area (Å²) in [4.78, 5) is 4.58. The molecule has 0 radical (unpaired) electrons. The molecule has 2 unspecified atom stereocenters. The first-order valence-corrected chi connectivity index (χ1v) is 8.30. The minimum absolute atomic E-state index is 0.390. The highest BCUT2D eigenvalue weighted by Gasteiger charge is 2.29. The van der Waals surface area contributed by atoms with Crippen molar-refractivity contribution < 1.29 is 4.74 Å². The van der Waals surface area contributed by atoms with Gasteiger partial charge in [0.05, 0.1) is 30.8 Å². The number of aromatic nitrogens is 2. The SMILES string of the molecule is c1nc2c(n1CC1CCC(CNC3CC3)O1)CCCC2. The van der Waals surface area contributed by atoms with Gasteiger partial charge >= 0.3 is 0 Å². The minimum atomic E-state index is 0.390. The van der Waals surface area contributed by atoms with E-state index in [1.54, 1.807) is 0 Å². The summed E-state index contributed by atoms with van der Waals surface area (Å²) in [5.74, 6) is 0. The molecule has 4 rings (SSSR count). The van der Waals surface area contributed by atoms with Gasteiger partial charge in [-0.2, -0.15) is 0 Å². The molecule has 0 bridgehead atoms. The van der Waals surface area contributed by atoms with Crippen LogP contribution in [0.1, 0.15) is 49.9 Å². The number of aryl methyl sites for hydroxylation is 1. The zero-order valence-corrected chi connectivity index (χ0v) is 12.2. The first-order valence-electron chi connectivity index (χ1n) is 8.30. The van der Waals surface area contributed by atoms with E-state index in [2.05, 4.69) is 14.9 Å². The number of nitrogens with zero attached hydrogens (tertiary/aromatic N) is 2.